The average molecular weight is 641 g/mol. The van der Waals surface area contributed by atoms with Crippen molar-refractivity contribution >= 4 is 50.8 Å². The van der Waals surface area contributed by atoms with Crippen LogP contribution in [0, 0.1) is 19.7 Å². The number of nitrogens with zero attached hydrogens (tertiary/aromatic N) is 6. The minimum atomic E-state index is -0.554. The van der Waals surface area contributed by atoms with Crippen LogP contribution in [-0.2, 0) is 4.79 Å². The second kappa shape index (κ2) is 10.9. The maximum absolute atomic E-state index is 17.3. The fourth-order valence-corrected chi connectivity index (χ4v) is 7.41. The third-order valence-electron chi connectivity index (χ3n) is 9.29. The predicted octanol–water partition coefficient (Wildman–Crippen LogP) is 5.87. The van der Waals surface area contributed by atoms with Gasteiger partial charge < -0.3 is 15.1 Å². The number of carbonyl (C=O) groups excluding carboxylic acids is 1. The average Bonchev–Trinajstić information content (AvgIpc) is 3.45. The van der Waals surface area contributed by atoms with E-state index in [1.807, 2.05) is 57.7 Å². The lowest BCUT2D eigenvalue weighted by atomic mass is 9.94. The molecule has 2 unspecified atom stereocenters. The summed E-state index contributed by atoms with van der Waals surface area (Å²) in [7, 11) is 0. The Morgan fingerprint density at radius 3 is 2.70 bits per heavy atom. The topological polar surface area (TPSA) is 112 Å². The first-order chi connectivity index (χ1) is 22.0. The molecular weight excluding hydrogens is 607 g/mol. The van der Waals surface area contributed by atoms with E-state index in [1.165, 1.54) is 10.6 Å². The second-order valence-electron chi connectivity index (χ2n) is 12.5. The molecule has 0 saturated carbocycles. The van der Waals surface area contributed by atoms with Crippen LogP contribution < -0.4 is 15.9 Å². The maximum Gasteiger partial charge on any atom is 0.354 e. The summed E-state index contributed by atoms with van der Waals surface area (Å²) in [6.45, 7) is 14.4. The quantitative estimate of drug-likeness (QED) is 0.236. The van der Waals surface area contributed by atoms with Crippen molar-refractivity contribution in [2.45, 2.75) is 52.6 Å². The summed E-state index contributed by atoms with van der Waals surface area (Å²) < 4.78 is 18.8. The van der Waals surface area contributed by atoms with Gasteiger partial charge in [-0.15, -0.1) is 0 Å². The zero-order chi connectivity index (χ0) is 32.6. The molecule has 2 atom stereocenters. The van der Waals surface area contributed by atoms with Crippen molar-refractivity contribution in [2.75, 3.05) is 29.9 Å². The molecule has 12 heteroatoms. The van der Waals surface area contributed by atoms with Crippen molar-refractivity contribution in [2.24, 2.45) is 0 Å². The fourth-order valence-electron chi connectivity index (χ4n) is 7.06. The fraction of sp³-hybridized carbons (Fsp3) is 0.324. The van der Waals surface area contributed by atoms with Gasteiger partial charge in [0.2, 0.25) is 5.91 Å². The predicted molar refractivity (Wildman–Crippen MR) is 180 cm³/mol. The molecule has 1 fully saturated rings. The second-order valence-corrected chi connectivity index (χ2v) is 12.9. The maximum atomic E-state index is 17.3. The van der Waals surface area contributed by atoms with Gasteiger partial charge in [0, 0.05) is 48.4 Å². The van der Waals surface area contributed by atoms with Gasteiger partial charge >= 0.3 is 5.69 Å². The van der Waals surface area contributed by atoms with E-state index in [0.29, 0.717) is 58.7 Å². The molecule has 2 aliphatic rings. The first kappa shape index (κ1) is 29.9. The van der Waals surface area contributed by atoms with Crippen LogP contribution in [0.2, 0.25) is 5.02 Å². The zero-order valence-electron chi connectivity index (χ0n) is 26.3. The van der Waals surface area contributed by atoms with Crippen LogP contribution in [-0.4, -0.2) is 67.3 Å². The first-order valence-electron chi connectivity index (χ1n) is 15.3. The molecule has 5 heterocycles. The number of aromatic amines is 1. The monoisotopic (exact) mass is 640 g/mol. The Hall–Kier alpha value is -4.77. The zero-order valence-corrected chi connectivity index (χ0v) is 27.0. The molecule has 236 valence electrons. The van der Waals surface area contributed by atoms with Crippen LogP contribution in [0.25, 0.3) is 38.6 Å². The highest BCUT2D eigenvalue weighted by atomic mass is 35.5. The molecule has 0 spiro atoms. The Labute approximate surface area is 269 Å². The number of rotatable bonds is 4. The number of aryl methyl sites for hydroxylation is 2. The molecular formula is C34H34ClFN8O2. The number of anilines is 2. The molecule has 1 saturated heterocycles. The molecule has 3 aromatic heterocycles. The smallest absolute Gasteiger partial charge is 0.354 e. The summed E-state index contributed by atoms with van der Waals surface area (Å²) in [5.41, 5.74) is 4.32. The number of piperazine rings is 1. The molecule has 1 amide bonds. The largest absolute Gasteiger partial charge is 0.380 e. The lowest BCUT2D eigenvalue weighted by Crippen LogP contribution is -2.60. The highest BCUT2D eigenvalue weighted by Gasteiger charge is 2.39. The molecule has 10 nitrogen and oxygen atoms in total. The number of fused-ring (bicyclic) bond motifs is 3. The summed E-state index contributed by atoms with van der Waals surface area (Å²) in [6.07, 6.45) is 4.68. The van der Waals surface area contributed by atoms with E-state index < -0.39 is 11.5 Å². The Morgan fingerprint density at radius 2 is 1.96 bits per heavy atom. The normalized spacial score (nSPS) is 17.7. The SMILES string of the molecule is C=CC(=O)N1CC2CNc3c(F)c(-c4c(C)ccc5[nH]ncc45)c(Cl)c4c3c(nc(=O)n4-c3c(C)ccnc3C(C)C)N2CC1C. The van der Waals surface area contributed by atoms with E-state index in [2.05, 4.69) is 32.1 Å². The van der Waals surface area contributed by atoms with Crippen LogP contribution in [0.15, 0.2) is 48.0 Å². The van der Waals surface area contributed by atoms with Crippen molar-refractivity contribution in [1.82, 2.24) is 29.6 Å². The van der Waals surface area contributed by atoms with E-state index in [4.69, 9.17) is 11.6 Å². The summed E-state index contributed by atoms with van der Waals surface area (Å²) >= 11 is 7.41. The number of hydrogen-bond donors (Lipinski definition) is 2. The van der Waals surface area contributed by atoms with Gasteiger partial charge in [0.25, 0.3) is 0 Å². The molecule has 7 rings (SSSR count). The lowest BCUT2D eigenvalue weighted by molar-refractivity contribution is -0.128. The summed E-state index contributed by atoms with van der Waals surface area (Å²) in [4.78, 5) is 40.2. The number of halogens is 2. The van der Waals surface area contributed by atoms with Crippen LogP contribution in [0.5, 0.6) is 0 Å². The standard InChI is InChI=1S/C34H34ClFN8O2/c1-7-23(45)42-15-20-12-38-30-26-32(27(35)25(28(30)36)24-17(4)8-9-22-21(24)13-39-41-22)44(31-18(5)10-11-37-29(31)16(2)3)34(46)40-33(26)43(20)14-19(42)6/h7-11,13,16,19-20,38H,1,12,14-15H2,2-6H3,(H,39,41). The van der Waals surface area contributed by atoms with E-state index in [0.717, 1.165) is 16.6 Å². The van der Waals surface area contributed by atoms with Gasteiger partial charge in [-0.25, -0.2) is 9.18 Å². The van der Waals surface area contributed by atoms with Gasteiger partial charge in [0.1, 0.15) is 5.82 Å². The molecule has 2 aromatic carbocycles. The summed E-state index contributed by atoms with van der Waals surface area (Å²) in [5.74, 6) is -0.444. The highest BCUT2D eigenvalue weighted by Crippen LogP contribution is 2.48. The molecule has 46 heavy (non-hydrogen) atoms. The highest BCUT2D eigenvalue weighted by molar-refractivity contribution is 6.39. The van der Waals surface area contributed by atoms with Crippen molar-refractivity contribution in [3.05, 3.63) is 81.4 Å². The van der Waals surface area contributed by atoms with E-state index in [9.17, 15) is 9.59 Å². The van der Waals surface area contributed by atoms with Gasteiger partial charge in [-0.3, -0.25) is 19.4 Å². The number of amides is 1. The van der Waals surface area contributed by atoms with Gasteiger partial charge in [0.15, 0.2) is 5.82 Å². The molecule has 2 aliphatic heterocycles. The number of pyridine rings is 1. The van der Waals surface area contributed by atoms with Crippen molar-refractivity contribution < 1.29 is 9.18 Å². The van der Waals surface area contributed by atoms with Crippen molar-refractivity contribution in [1.29, 1.82) is 0 Å². The Morgan fingerprint density at radius 1 is 1.17 bits per heavy atom. The third-order valence-corrected chi connectivity index (χ3v) is 9.65. The van der Waals surface area contributed by atoms with Crippen LogP contribution >= 0.6 is 11.6 Å². The van der Waals surface area contributed by atoms with Gasteiger partial charge in [-0.1, -0.05) is 38.1 Å². The molecule has 2 N–H and O–H groups in total. The number of nitrogens with one attached hydrogen (secondary N) is 2. The summed E-state index contributed by atoms with van der Waals surface area (Å²) in [5, 5.41) is 11.7. The van der Waals surface area contributed by atoms with Crippen molar-refractivity contribution in [3.63, 3.8) is 0 Å². The molecule has 0 radical (unpaired) electrons. The minimum Gasteiger partial charge on any atom is -0.380 e. The summed E-state index contributed by atoms with van der Waals surface area (Å²) in [6, 6.07) is 5.11. The number of carbonyl (C=O) groups is 1. The Balaban J connectivity index is 1.63. The van der Waals surface area contributed by atoms with Crippen LogP contribution in [0.3, 0.4) is 0 Å². The van der Waals surface area contributed by atoms with Crippen LogP contribution in [0.1, 0.15) is 43.5 Å². The third kappa shape index (κ3) is 4.32. The minimum absolute atomic E-state index is 0.0360. The van der Waals surface area contributed by atoms with Gasteiger partial charge in [-0.2, -0.15) is 10.1 Å². The van der Waals surface area contributed by atoms with E-state index in [1.54, 1.807) is 17.3 Å². The number of H-pyrrole nitrogens is 1. The first-order valence-corrected chi connectivity index (χ1v) is 15.7. The number of hydrogen-bond acceptors (Lipinski definition) is 7. The molecule has 5 aromatic rings. The van der Waals surface area contributed by atoms with Crippen molar-refractivity contribution in [3.8, 4) is 16.8 Å². The number of aromatic nitrogens is 5. The Bertz CT molecular complexity index is 2160. The number of benzene rings is 2. The Kier molecular flexibility index (Phi) is 7.11. The van der Waals surface area contributed by atoms with E-state index >= 15 is 4.39 Å². The van der Waals surface area contributed by atoms with Crippen LogP contribution in [0.4, 0.5) is 15.9 Å². The van der Waals surface area contributed by atoms with E-state index in [-0.39, 0.29) is 40.2 Å². The molecule has 0 aliphatic carbocycles. The van der Waals surface area contributed by atoms with Gasteiger partial charge in [0.05, 0.1) is 50.7 Å². The lowest BCUT2D eigenvalue weighted by Gasteiger charge is -2.45. The molecule has 0 bridgehead atoms. The van der Waals surface area contributed by atoms with Gasteiger partial charge in [-0.05, 0) is 56.0 Å².